The van der Waals surface area contributed by atoms with E-state index in [4.69, 9.17) is 8.83 Å². The van der Waals surface area contributed by atoms with Gasteiger partial charge in [0.2, 0.25) is 5.91 Å². The molecule has 1 atom stereocenters. The van der Waals surface area contributed by atoms with Crippen molar-refractivity contribution < 1.29 is 28.0 Å². The van der Waals surface area contributed by atoms with Crippen molar-refractivity contribution in [3.63, 3.8) is 0 Å². The molecule has 8 nitrogen and oxygen atoms in total. The van der Waals surface area contributed by atoms with Gasteiger partial charge in [-0.25, -0.2) is 4.79 Å². The summed E-state index contributed by atoms with van der Waals surface area (Å²) in [7, 11) is 2.87. The number of amides is 2. The van der Waals surface area contributed by atoms with Crippen molar-refractivity contribution >= 4 is 17.8 Å². The number of likely N-dealkylation sites (N-methyl/N-ethyl adjacent to an activating group) is 1. The number of ether oxygens (including phenoxy) is 1. The van der Waals surface area contributed by atoms with Crippen molar-refractivity contribution in [1.29, 1.82) is 0 Å². The summed E-state index contributed by atoms with van der Waals surface area (Å²) in [5.41, 5.74) is 0.659. The van der Waals surface area contributed by atoms with Crippen molar-refractivity contribution in [2.24, 2.45) is 0 Å². The van der Waals surface area contributed by atoms with E-state index in [1.54, 1.807) is 27.0 Å². The molecule has 2 aromatic heterocycles. The predicted molar refractivity (Wildman–Crippen MR) is 86.9 cm³/mol. The van der Waals surface area contributed by atoms with Gasteiger partial charge in [-0.1, -0.05) is 0 Å². The fourth-order valence-corrected chi connectivity index (χ4v) is 2.31. The maximum atomic E-state index is 12.4. The molecule has 1 unspecified atom stereocenters. The Bertz CT molecular complexity index is 762. The van der Waals surface area contributed by atoms with Crippen molar-refractivity contribution in [1.82, 2.24) is 10.2 Å². The number of rotatable bonds is 6. The lowest BCUT2D eigenvalue weighted by Gasteiger charge is -2.21. The maximum Gasteiger partial charge on any atom is 0.341 e. The maximum absolute atomic E-state index is 12.4. The minimum Gasteiger partial charge on any atom is -0.472 e. The summed E-state index contributed by atoms with van der Waals surface area (Å²) in [4.78, 5) is 37.3. The molecule has 2 heterocycles. The second-order valence-corrected chi connectivity index (χ2v) is 5.58. The monoisotopic (exact) mass is 348 g/mol. The summed E-state index contributed by atoms with van der Waals surface area (Å²) in [6.07, 6.45) is 2.68. The van der Waals surface area contributed by atoms with E-state index < -0.39 is 17.9 Å². The molecule has 0 radical (unpaired) electrons. The SMILES string of the molecule is COC(=O)c1cc(CN(C)C(=O)C(C)NC(=O)c2ccoc2)oc1C. The molecule has 2 rings (SSSR count). The molecule has 1 N–H and O–H groups in total. The highest BCUT2D eigenvalue weighted by molar-refractivity contribution is 5.97. The average Bonchev–Trinajstić information content (AvgIpc) is 3.23. The number of aryl methyl sites for hydroxylation is 1. The van der Waals surface area contributed by atoms with E-state index in [1.165, 1.54) is 30.6 Å². The highest BCUT2D eigenvalue weighted by Gasteiger charge is 2.23. The molecule has 0 aliphatic rings. The van der Waals surface area contributed by atoms with Crippen molar-refractivity contribution in [2.75, 3.05) is 14.2 Å². The molecule has 0 fully saturated rings. The normalized spacial score (nSPS) is 11.7. The van der Waals surface area contributed by atoms with Crippen molar-refractivity contribution in [3.05, 3.63) is 47.3 Å². The number of esters is 1. The first-order valence-corrected chi connectivity index (χ1v) is 7.59. The van der Waals surface area contributed by atoms with Crippen LogP contribution in [0.5, 0.6) is 0 Å². The molecule has 2 aromatic rings. The molecule has 2 amide bonds. The molecule has 0 saturated carbocycles. The first kappa shape index (κ1) is 18.3. The standard InChI is InChI=1S/C17H20N2O6/c1-10(18-15(20)12-5-6-24-9-12)16(21)19(3)8-13-7-14(11(2)25-13)17(22)23-4/h5-7,9-10H,8H2,1-4H3,(H,18,20). The zero-order chi connectivity index (χ0) is 18.6. The Kier molecular flexibility index (Phi) is 5.63. The van der Waals surface area contributed by atoms with Crippen LogP contribution in [0.3, 0.4) is 0 Å². The summed E-state index contributed by atoms with van der Waals surface area (Å²) < 4.78 is 15.0. The number of nitrogens with one attached hydrogen (secondary N) is 1. The molecule has 8 heteroatoms. The smallest absolute Gasteiger partial charge is 0.341 e. The van der Waals surface area contributed by atoms with Crippen LogP contribution in [0.2, 0.25) is 0 Å². The van der Waals surface area contributed by atoms with Gasteiger partial charge in [-0.3, -0.25) is 9.59 Å². The van der Waals surface area contributed by atoms with Crippen LogP contribution in [0.15, 0.2) is 33.5 Å². The summed E-state index contributed by atoms with van der Waals surface area (Å²) in [5.74, 6) is -0.330. The van der Waals surface area contributed by atoms with Crippen LogP contribution in [0, 0.1) is 6.92 Å². The van der Waals surface area contributed by atoms with Gasteiger partial charge in [0.15, 0.2) is 0 Å². The minimum absolute atomic E-state index is 0.155. The van der Waals surface area contributed by atoms with Gasteiger partial charge < -0.3 is 23.8 Å². The van der Waals surface area contributed by atoms with E-state index >= 15 is 0 Å². The topological polar surface area (TPSA) is 102 Å². The Balaban J connectivity index is 1.97. The second-order valence-electron chi connectivity index (χ2n) is 5.58. The Hall–Kier alpha value is -3.03. The van der Waals surface area contributed by atoms with Gasteiger partial charge in [-0.15, -0.1) is 0 Å². The van der Waals surface area contributed by atoms with Crippen LogP contribution in [-0.4, -0.2) is 42.9 Å². The summed E-state index contributed by atoms with van der Waals surface area (Å²) >= 11 is 0. The number of nitrogens with zero attached hydrogens (tertiary/aromatic N) is 1. The lowest BCUT2D eigenvalue weighted by atomic mass is 10.2. The third-order valence-corrected chi connectivity index (χ3v) is 3.64. The molecule has 25 heavy (non-hydrogen) atoms. The summed E-state index contributed by atoms with van der Waals surface area (Å²) in [5, 5.41) is 2.60. The van der Waals surface area contributed by atoms with Crippen molar-refractivity contribution in [3.8, 4) is 0 Å². The summed E-state index contributed by atoms with van der Waals surface area (Å²) in [6, 6.07) is 2.32. The van der Waals surface area contributed by atoms with Gasteiger partial charge >= 0.3 is 5.97 Å². The molecule has 0 bridgehead atoms. The molecular weight excluding hydrogens is 328 g/mol. The number of furan rings is 2. The van der Waals surface area contributed by atoms with Crippen LogP contribution >= 0.6 is 0 Å². The number of carbonyl (C=O) groups excluding carboxylic acids is 3. The minimum atomic E-state index is -0.733. The van der Waals surface area contributed by atoms with Crippen LogP contribution in [0.4, 0.5) is 0 Å². The second kappa shape index (κ2) is 7.69. The van der Waals surface area contributed by atoms with Gasteiger partial charge in [0.25, 0.3) is 5.91 Å². The van der Waals surface area contributed by atoms with Crippen LogP contribution < -0.4 is 5.32 Å². The zero-order valence-corrected chi connectivity index (χ0v) is 14.5. The number of hydrogen-bond donors (Lipinski definition) is 1. The van der Waals surface area contributed by atoms with Crippen LogP contribution in [-0.2, 0) is 16.1 Å². The quantitative estimate of drug-likeness (QED) is 0.798. The zero-order valence-electron chi connectivity index (χ0n) is 14.5. The number of carbonyl (C=O) groups is 3. The number of methoxy groups -OCH3 is 1. The summed E-state index contributed by atoms with van der Waals surface area (Å²) in [6.45, 7) is 3.39. The van der Waals surface area contributed by atoms with Crippen LogP contribution in [0.25, 0.3) is 0 Å². The molecule has 134 valence electrons. The Morgan fingerprint density at radius 2 is 2.08 bits per heavy atom. The van der Waals surface area contributed by atoms with E-state index in [9.17, 15) is 14.4 Å². The lowest BCUT2D eigenvalue weighted by molar-refractivity contribution is -0.132. The molecule has 0 aliphatic carbocycles. The highest BCUT2D eigenvalue weighted by atomic mass is 16.5. The van der Waals surface area contributed by atoms with Crippen molar-refractivity contribution in [2.45, 2.75) is 26.4 Å². The highest BCUT2D eigenvalue weighted by Crippen LogP contribution is 2.17. The lowest BCUT2D eigenvalue weighted by Crippen LogP contribution is -2.45. The predicted octanol–water partition coefficient (Wildman–Crippen LogP) is 1.74. The van der Waals surface area contributed by atoms with E-state index in [2.05, 4.69) is 10.1 Å². The first-order valence-electron chi connectivity index (χ1n) is 7.59. The van der Waals surface area contributed by atoms with Gasteiger partial charge in [-0.05, 0) is 26.0 Å². The molecular formula is C17H20N2O6. The average molecular weight is 348 g/mol. The van der Waals surface area contributed by atoms with E-state index in [-0.39, 0.29) is 12.5 Å². The molecule has 0 aromatic carbocycles. The van der Waals surface area contributed by atoms with E-state index in [0.717, 1.165) is 0 Å². The van der Waals surface area contributed by atoms with Gasteiger partial charge in [0.05, 0.1) is 25.5 Å². The van der Waals surface area contributed by atoms with Crippen LogP contribution in [0.1, 0.15) is 39.2 Å². The molecule has 0 aliphatic heterocycles. The fourth-order valence-electron chi connectivity index (χ4n) is 2.31. The Labute approximate surface area is 144 Å². The van der Waals surface area contributed by atoms with Gasteiger partial charge in [-0.2, -0.15) is 0 Å². The molecule has 0 saturated heterocycles. The van der Waals surface area contributed by atoms with Gasteiger partial charge in [0.1, 0.15) is 29.4 Å². The fraction of sp³-hybridized carbons (Fsp3) is 0.353. The Morgan fingerprint density at radius 1 is 1.36 bits per heavy atom. The largest absolute Gasteiger partial charge is 0.472 e. The van der Waals surface area contributed by atoms with E-state index in [0.29, 0.717) is 22.6 Å². The third-order valence-electron chi connectivity index (χ3n) is 3.64. The third kappa shape index (κ3) is 4.28. The van der Waals surface area contributed by atoms with Gasteiger partial charge in [0, 0.05) is 7.05 Å². The van der Waals surface area contributed by atoms with E-state index in [1.807, 2.05) is 0 Å². The Morgan fingerprint density at radius 3 is 2.68 bits per heavy atom. The first-order chi connectivity index (χ1) is 11.8. The number of hydrogen-bond acceptors (Lipinski definition) is 6. The molecule has 0 spiro atoms.